The van der Waals surface area contributed by atoms with Crippen LogP contribution in [-0.2, 0) is 16.0 Å². The van der Waals surface area contributed by atoms with Crippen LogP contribution in [0.15, 0.2) is 43.0 Å². The number of carbonyl (C=O) groups excluding carboxylic acids is 1. The maximum atomic E-state index is 11.5. The van der Waals surface area contributed by atoms with E-state index < -0.39 is 12.0 Å². The van der Waals surface area contributed by atoms with Crippen molar-refractivity contribution in [1.29, 1.82) is 0 Å². The Morgan fingerprint density at radius 1 is 1.33 bits per heavy atom. The Labute approximate surface area is 106 Å². The summed E-state index contributed by atoms with van der Waals surface area (Å²) in [5.41, 5.74) is 0.883. The van der Waals surface area contributed by atoms with Crippen LogP contribution in [-0.4, -0.2) is 23.0 Å². The van der Waals surface area contributed by atoms with Gasteiger partial charge in [-0.15, -0.1) is 6.58 Å². The highest BCUT2D eigenvalue weighted by Crippen LogP contribution is 2.04. The fourth-order valence-electron chi connectivity index (χ4n) is 1.55. The van der Waals surface area contributed by atoms with E-state index in [-0.39, 0.29) is 18.7 Å². The van der Waals surface area contributed by atoms with Crippen molar-refractivity contribution in [2.24, 2.45) is 0 Å². The molecule has 0 fully saturated rings. The standard InChI is InChI=1S/C14H17NO3/c1-2-3-9-13(16)15-12(14(17)18)10-11-7-5-4-6-8-11/h2,4-8,12H,1,3,9-10H2,(H,15,16)(H,17,18). The summed E-state index contributed by atoms with van der Waals surface area (Å²) in [7, 11) is 0. The first-order chi connectivity index (χ1) is 8.63. The molecule has 18 heavy (non-hydrogen) atoms. The van der Waals surface area contributed by atoms with Gasteiger partial charge in [-0.2, -0.15) is 0 Å². The Bertz CT molecular complexity index is 414. The maximum Gasteiger partial charge on any atom is 0.326 e. The summed E-state index contributed by atoms with van der Waals surface area (Å²) in [6.07, 6.45) is 2.73. The third-order valence-corrected chi connectivity index (χ3v) is 2.49. The lowest BCUT2D eigenvalue weighted by molar-refractivity contribution is -0.141. The molecule has 0 radical (unpaired) electrons. The topological polar surface area (TPSA) is 66.4 Å². The van der Waals surface area contributed by atoms with Gasteiger partial charge in [0.2, 0.25) is 5.91 Å². The van der Waals surface area contributed by atoms with Gasteiger partial charge in [0.25, 0.3) is 0 Å². The average Bonchev–Trinajstić information content (AvgIpc) is 2.36. The average molecular weight is 247 g/mol. The van der Waals surface area contributed by atoms with Gasteiger partial charge in [0.1, 0.15) is 6.04 Å². The second-order valence-electron chi connectivity index (χ2n) is 3.98. The Hall–Kier alpha value is -2.10. The second-order valence-corrected chi connectivity index (χ2v) is 3.98. The first-order valence-electron chi connectivity index (χ1n) is 5.80. The third-order valence-electron chi connectivity index (χ3n) is 2.49. The molecule has 0 aliphatic heterocycles. The van der Waals surface area contributed by atoms with Crippen LogP contribution < -0.4 is 5.32 Å². The number of nitrogens with one attached hydrogen (secondary N) is 1. The quantitative estimate of drug-likeness (QED) is 0.721. The molecule has 0 aliphatic carbocycles. The zero-order valence-electron chi connectivity index (χ0n) is 10.1. The highest BCUT2D eigenvalue weighted by atomic mass is 16.4. The largest absolute Gasteiger partial charge is 0.480 e. The summed E-state index contributed by atoms with van der Waals surface area (Å²) in [4.78, 5) is 22.6. The number of hydrogen-bond donors (Lipinski definition) is 2. The summed E-state index contributed by atoms with van der Waals surface area (Å²) in [6, 6.07) is 8.34. The molecule has 1 unspecified atom stereocenters. The molecule has 0 heterocycles. The van der Waals surface area contributed by atoms with Crippen LogP contribution in [0.4, 0.5) is 0 Å². The second kappa shape index (κ2) is 7.27. The molecule has 0 spiro atoms. The maximum absolute atomic E-state index is 11.5. The SMILES string of the molecule is C=CCCC(=O)NC(Cc1ccccc1)C(=O)O. The fraction of sp³-hybridized carbons (Fsp3) is 0.286. The molecule has 2 N–H and O–H groups in total. The Morgan fingerprint density at radius 3 is 2.56 bits per heavy atom. The van der Waals surface area contributed by atoms with Crippen molar-refractivity contribution in [1.82, 2.24) is 5.32 Å². The monoisotopic (exact) mass is 247 g/mol. The van der Waals surface area contributed by atoms with Gasteiger partial charge >= 0.3 is 5.97 Å². The summed E-state index contributed by atoms with van der Waals surface area (Å²) in [6.45, 7) is 3.52. The molecular weight excluding hydrogens is 230 g/mol. The zero-order chi connectivity index (χ0) is 13.4. The van der Waals surface area contributed by atoms with Gasteiger partial charge in [0.15, 0.2) is 0 Å². The molecule has 1 aromatic rings. The van der Waals surface area contributed by atoms with Gasteiger partial charge in [-0.1, -0.05) is 36.4 Å². The molecule has 4 heteroatoms. The molecule has 0 bridgehead atoms. The molecular formula is C14H17NO3. The molecule has 0 saturated carbocycles. The van der Waals surface area contributed by atoms with Gasteiger partial charge < -0.3 is 10.4 Å². The van der Waals surface area contributed by atoms with Crippen molar-refractivity contribution in [2.75, 3.05) is 0 Å². The smallest absolute Gasteiger partial charge is 0.326 e. The van der Waals surface area contributed by atoms with E-state index >= 15 is 0 Å². The van der Waals surface area contributed by atoms with Crippen molar-refractivity contribution >= 4 is 11.9 Å². The van der Waals surface area contributed by atoms with Crippen molar-refractivity contribution in [3.8, 4) is 0 Å². The first-order valence-corrected chi connectivity index (χ1v) is 5.80. The lowest BCUT2D eigenvalue weighted by Gasteiger charge is -2.14. The van der Waals surface area contributed by atoms with Gasteiger partial charge in [0, 0.05) is 12.8 Å². The number of allylic oxidation sites excluding steroid dienone is 1. The first kappa shape index (κ1) is 14.0. The normalized spacial score (nSPS) is 11.6. The van der Waals surface area contributed by atoms with E-state index in [0.29, 0.717) is 6.42 Å². The number of carbonyl (C=O) groups is 2. The molecule has 4 nitrogen and oxygen atoms in total. The minimum Gasteiger partial charge on any atom is -0.480 e. The number of carboxylic acid groups (broad SMARTS) is 1. The van der Waals surface area contributed by atoms with Crippen LogP contribution >= 0.6 is 0 Å². The Morgan fingerprint density at radius 2 is 2.00 bits per heavy atom. The summed E-state index contributed by atoms with van der Waals surface area (Å²) in [5, 5.41) is 11.6. The molecule has 1 atom stereocenters. The summed E-state index contributed by atoms with van der Waals surface area (Å²) < 4.78 is 0. The Balaban J connectivity index is 2.58. The predicted octanol–water partition coefficient (Wildman–Crippen LogP) is 1.76. The van der Waals surface area contributed by atoms with Crippen LogP contribution in [0.3, 0.4) is 0 Å². The third kappa shape index (κ3) is 4.82. The van der Waals surface area contributed by atoms with E-state index in [4.69, 9.17) is 5.11 Å². The van der Waals surface area contributed by atoms with Gasteiger partial charge in [-0.05, 0) is 12.0 Å². The number of amides is 1. The molecule has 1 rings (SSSR count). The minimum atomic E-state index is -1.02. The van der Waals surface area contributed by atoms with Crippen LogP contribution in [0.25, 0.3) is 0 Å². The number of hydrogen-bond acceptors (Lipinski definition) is 2. The number of aliphatic carboxylic acids is 1. The van der Waals surface area contributed by atoms with Crippen LogP contribution in [0, 0.1) is 0 Å². The van der Waals surface area contributed by atoms with Gasteiger partial charge in [0.05, 0.1) is 0 Å². The van der Waals surface area contributed by atoms with Crippen LogP contribution in [0.1, 0.15) is 18.4 Å². The molecule has 1 amide bonds. The minimum absolute atomic E-state index is 0.266. The van der Waals surface area contributed by atoms with Crippen LogP contribution in [0.2, 0.25) is 0 Å². The van der Waals surface area contributed by atoms with Crippen molar-refractivity contribution in [2.45, 2.75) is 25.3 Å². The predicted molar refractivity (Wildman–Crippen MR) is 69.1 cm³/mol. The summed E-state index contributed by atoms with van der Waals surface area (Å²) in [5.74, 6) is -1.29. The van der Waals surface area contributed by atoms with Crippen molar-refractivity contribution < 1.29 is 14.7 Å². The van der Waals surface area contributed by atoms with Gasteiger partial charge in [-0.25, -0.2) is 4.79 Å². The Kier molecular flexibility index (Phi) is 5.64. The molecule has 0 aromatic heterocycles. The summed E-state index contributed by atoms with van der Waals surface area (Å²) >= 11 is 0. The van der Waals surface area contributed by atoms with Crippen molar-refractivity contribution in [3.63, 3.8) is 0 Å². The van der Waals surface area contributed by atoms with Crippen molar-refractivity contribution in [3.05, 3.63) is 48.6 Å². The van der Waals surface area contributed by atoms with E-state index in [0.717, 1.165) is 5.56 Å². The molecule has 0 aliphatic rings. The van der Waals surface area contributed by atoms with E-state index in [2.05, 4.69) is 11.9 Å². The lowest BCUT2D eigenvalue weighted by Crippen LogP contribution is -2.42. The van der Waals surface area contributed by atoms with Gasteiger partial charge in [-0.3, -0.25) is 4.79 Å². The number of rotatable bonds is 7. The number of carboxylic acids is 1. The van der Waals surface area contributed by atoms with E-state index in [1.165, 1.54) is 0 Å². The van der Waals surface area contributed by atoms with E-state index in [1.54, 1.807) is 6.08 Å². The highest BCUT2D eigenvalue weighted by molar-refractivity contribution is 5.83. The molecule has 0 saturated heterocycles. The van der Waals surface area contributed by atoms with E-state index in [9.17, 15) is 9.59 Å². The fourth-order valence-corrected chi connectivity index (χ4v) is 1.55. The van der Waals surface area contributed by atoms with Crippen LogP contribution in [0.5, 0.6) is 0 Å². The zero-order valence-corrected chi connectivity index (χ0v) is 10.1. The highest BCUT2D eigenvalue weighted by Gasteiger charge is 2.19. The van der Waals surface area contributed by atoms with E-state index in [1.807, 2.05) is 30.3 Å². The lowest BCUT2D eigenvalue weighted by atomic mass is 10.1. The molecule has 96 valence electrons. The number of benzene rings is 1. The molecule has 1 aromatic carbocycles.